The van der Waals surface area contributed by atoms with Gasteiger partial charge in [0.05, 0.1) is 0 Å². The summed E-state index contributed by atoms with van der Waals surface area (Å²) in [6, 6.07) is 42.2. The number of benzene rings is 4. The molecular formula is C30H34O4Si2. The first-order valence-electron chi connectivity index (χ1n) is 12.7. The number of unbranched alkanes of at least 4 members (excludes halogenated alkanes) is 1. The van der Waals surface area contributed by atoms with Crippen LogP contribution in [0.5, 0.6) is 23.0 Å². The number of para-hydroxylation sites is 4. The summed E-state index contributed by atoms with van der Waals surface area (Å²) < 4.78 is 24.8. The van der Waals surface area contributed by atoms with Crippen molar-refractivity contribution in [3.8, 4) is 23.0 Å². The highest BCUT2D eigenvalue weighted by molar-refractivity contribution is 6.37. The Balaban J connectivity index is 1.24. The van der Waals surface area contributed by atoms with Crippen molar-refractivity contribution in [2.45, 2.75) is 36.8 Å². The van der Waals surface area contributed by atoms with Gasteiger partial charge < -0.3 is 18.9 Å². The van der Waals surface area contributed by atoms with E-state index in [1.807, 2.05) is 121 Å². The molecule has 0 aromatic heterocycles. The lowest BCUT2D eigenvalue weighted by atomic mass is 10.3. The third-order valence-electron chi connectivity index (χ3n) is 5.67. The fraction of sp³-hybridized carbons (Fsp3) is 0.200. The lowest BCUT2D eigenvalue weighted by Gasteiger charge is -2.21. The smallest absolute Gasteiger partial charge is 0.212 e. The highest BCUT2D eigenvalue weighted by Gasteiger charge is 2.15. The normalized spacial score (nSPS) is 11.5. The molecule has 4 nitrogen and oxygen atoms in total. The molecule has 0 N–H and O–H groups in total. The Morgan fingerprint density at radius 3 is 0.889 bits per heavy atom. The molecule has 36 heavy (non-hydrogen) atoms. The Morgan fingerprint density at radius 2 is 0.639 bits per heavy atom. The van der Waals surface area contributed by atoms with E-state index in [0.29, 0.717) is 0 Å². The van der Waals surface area contributed by atoms with Crippen LogP contribution in [-0.2, 0) is 0 Å². The highest BCUT2D eigenvalue weighted by Crippen LogP contribution is 2.18. The van der Waals surface area contributed by atoms with Gasteiger partial charge in [-0.05, 0) is 48.5 Å². The zero-order chi connectivity index (χ0) is 24.7. The van der Waals surface area contributed by atoms with Crippen LogP contribution >= 0.6 is 0 Å². The topological polar surface area (TPSA) is 36.9 Å². The van der Waals surface area contributed by atoms with Gasteiger partial charge in [-0.3, -0.25) is 0 Å². The van der Waals surface area contributed by atoms with Gasteiger partial charge in [0.15, 0.2) is 0 Å². The molecule has 0 radical (unpaired) electrons. The van der Waals surface area contributed by atoms with E-state index in [-0.39, 0.29) is 11.8 Å². The average Bonchev–Trinajstić information content (AvgIpc) is 2.93. The highest BCUT2D eigenvalue weighted by atomic mass is 28.2. The first-order chi connectivity index (χ1) is 17.8. The second kappa shape index (κ2) is 14.8. The van der Waals surface area contributed by atoms with Crippen LogP contribution in [0.25, 0.3) is 0 Å². The molecule has 0 unspecified atom stereocenters. The summed E-state index contributed by atoms with van der Waals surface area (Å²) in [5.74, 6) is 3.08. The van der Waals surface area contributed by atoms with E-state index in [1.54, 1.807) is 0 Å². The monoisotopic (exact) mass is 514 g/mol. The summed E-state index contributed by atoms with van der Waals surface area (Å²) in [5.41, 5.74) is 0. The van der Waals surface area contributed by atoms with E-state index in [2.05, 4.69) is 0 Å². The van der Waals surface area contributed by atoms with Gasteiger partial charge >= 0.3 is 0 Å². The summed E-state index contributed by atoms with van der Waals surface area (Å²) in [5, 5.41) is 0. The SMILES string of the molecule is c1ccc(OC(Oc2ccccc2)[SiH2]CCCC[SiH2]C(Oc2ccccc2)Oc2ccccc2)cc1. The van der Waals surface area contributed by atoms with Crippen LogP contribution in [0.4, 0.5) is 0 Å². The molecule has 4 rings (SSSR count). The average molecular weight is 515 g/mol. The Hall–Kier alpha value is -3.49. The molecule has 0 saturated carbocycles. The third-order valence-corrected chi connectivity index (χ3v) is 9.10. The molecule has 0 aliphatic rings. The summed E-state index contributed by atoms with van der Waals surface area (Å²) in [4.78, 5) is 0. The summed E-state index contributed by atoms with van der Waals surface area (Å²) in [6.45, 7) is 0. The molecule has 0 bridgehead atoms. The molecule has 186 valence electrons. The number of hydrogen-bond donors (Lipinski definition) is 0. The summed E-state index contributed by atoms with van der Waals surface area (Å²) in [6.07, 6.45) is 2.35. The van der Waals surface area contributed by atoms with Crippen molar-refractivity contribution >= 4 is 19.0 Å². The van der Waals surface area contributed by atoms with Gasteiger partial charge in [0, 0.05) is 0 Å². The lowest BCUT2D eigenvalue weighted by Crippen LogP contribution is -2.31. The van der Waals surface area contributed by atoms with Crippen molar-refractivity contribution in [1.82, 2.24) is 0 Å². The van der Waals surface area contributed by atoms with Crippen LogP contribution < -0.4 is 18.9 Å². The minimum absolute atomic E-state index is 0.178. The van der Waals surface area contributed by atoms with E-state index < -0.39 is 19.0 Å². The number of rotatable bonds is 15. The van der Waals surface area contributed by atoms with Crippen molar-refractivity contribution < 1.29 is 18.9 Å². The standard InChI is InChI=1S/C30H34O4Si2/c1-5-15-25(16-6-1)31-29(32-26-17-7-2-8-18-26)35-23-13-14-24-36-30(33-27-19-9-3-10-20-27)34-28-21-11-4-12-22-28/h1-12,15-22,29-30H,13-14,23-24,35-36H2. The number of hydrogen-bond acceptors (Lipinski definition) is 4. The van der Waals surface area contributed by atoms with Crippen LogP contribution in [-0.4, -0.2) is 30.9 Å². The van der Waals surface area contributed by atoms with Gasteiger partial charge in [-0.2, -0.15) is 0 Å². The molecule has 0 spiro atoms. The maximum atomic E-state index is 6.20. The summed E-state index contributed by atoms with van der Waals surface area (Å²) >= 11 is 0. The first kappa shape index (κ1) is 25.6. The molecule has 0 aliphatic heterocycles. The second-order valence-electron chi connectivity index (χ2n) is 8.57. The van der Waals surface area contributed by atoms with Gasteiger partial charge in [0.25, 0.3) is 0 Å². The predicted molar refractivity (Wildman–Crippen MR) is 152 cm³/mol. The maximum Gasteiger partial charge on any atom is 0.212 e. The zero-order valence-electron chi connectivity index (χ0n) is 20.6. The Bertz CT molecular complexity index is 925. The molecular weight excluding hydrogens is 480 g/mol. The Morgan fingerprint density at radius 1 is 0.389 bits per heavy atom. The van der Waals surface area contributed by atoms with Crippen LogP contribution in [0.1, 0.15) is 12.8 Å². The van der Waals surface area contributed by atoms with E-state index in [4.69, 9.17) is 18.9 Å². The Kier molecular flexibility index (Phi) is 10.5. The molecule has 0 heterocycles. The van der Waals surface area contributed by atoms with Crippen LogP contribution in [0.15, 0.2) is 121 Å². The van der Waals surface area contributed by atoms with Crippen LogP contribution in [0.2, 0.25) is 12.1 Å². The van der Waals surface area contributed by atoms with Crippen LogP contribution in [0.3, 0.4) is 0 Å². The maximum absolute atomic E-state index is 6.20. The third kappa shape index (κ3) is 9.28. The van der Waals surface area contributed by atoms with Crippen molar-refractivity contribution in [3.05, 3.63) is 121 Å². The predicted octanol–water partition coefficient (Wildman–Crippen LogP) is 5.82. The first-order valence-corrected chi connectivity index (χ1v) is 16.4. The lowest BCUT2D eigenvalue weighted by molar-refractivity contribution is 0.0724. The van der Waals surface area contributed by atoms with Gasteiger partial charge in [-0.25, -0.2) is 0 Å². The number of ether oxygens (including phenoxy) is 4. The second-order valence-corrected chi connectivity index (χ2v) is 12.5. The molecule has 4 aromatic carbocycles. The quantitative estimate of drug-likeness (QED) is 0.114. The van der Waals surface area contributed by atoms with E-state index in [1.165, 1.54) is 24.9 Å². The fourth-order valence-corrected chi connectivity index (χ4v) is 7.06. The van der Waals surface area contributed by atoms with Gasteiger partial charge in [-0.15, -0.1) is 0 Å². The van der Waals surface area contributed by atoms with Gasteiger partial charge in [0.1, 0.15) is 42.0 Å². The molecule has 4 aromatic rings. The minimum Gasteiger partial charge on any atom is -0.460 e. The molecule has 0 atom stereocenters. The molecule has 0 amide bonds. The van der Waals surface area contributed by atoms with Crippen molar-refractivity contribution in [1.29, 1.82) is 0 Å². The largest absolute Gasteiger partial charge is 0.460 e. The molecule has 6 heteroatoms. The van der Waals surface area contributed by atoms with Gasteiger partial charge in [-0.1, -0.05) is 97.7 Å². The van der Waals surface area contributed by atoms with E-state index in [9.17, 15) is 0 Å². The molecule has 0 fully saturated rings. The molecule has 0 aliphatic carbocycles. The van der Waals surface area contributed by atoms with E-state index in [0.717, 1.165) is 23.0 Å². The fourth-order valence-electron chi connectivity index (χ4n) is 3.86. The van der Waals surface area contributed by atoms with Crippen molar-refractivity contribution in [2.24, 2.45) is 0 Å². The summed E-state index contributed by atoms with van der Waals surface area (Å²) in [7, 11) is -1.19. The van der Waals surface area contributed by atoms with Crippen molar-refractivity contribution in [3.63, 3.8) is 0 Å². The molecule has 0 saturated heterocycles. The van der Waals surface area contributed by atoms with Gasteiger partial charge in [0.2, 0.25) is 11.8 Å². The van der Waals surface area contributed by atoms with Crippen LogP contribution in [0, 0.1) is 0 Å². The zero-order valence-corrected chi connectivity index (χ0v) is 23.4. The Labute approximate surface area is 218 Å². The van der Waals surface area contributed by atoms with Crippen molar-refractivity contribution in [2.75, 3.05) is 0 Å². The van der Waals surface area contributed by atoms with E-state index >= 15 is 0 Å². The minimum atomic E-state index is -0.595.